The molecule has 1 saturated heterocycles. The molecule has 3 N–H and O–H groups in total. The summed E-state index contributed by atoms with van der Waals surface area (Å²) in [6, 6.07) is 20.1. The summed E-state index contributed by atoms with van der Waals surface area (Å²) < 4.78 is 0.422. The fraction of sp³-hybridized carbons (Fsp3) is 0.200. The van der Waals surface area contributed by atoms with E-state index in [4.69, 9.17) is 16.6 Å². The van der Waals surface area contributed by atoms with Gasteiger partial charge in [-0.25, -0.2) is 9.58 Å². The molecule has 33 heavy (non-hydrogen) atoms. The Morgan fingerprint density at radius 3 is 2.55 bits per heavy atom. The van der Waals surface area contributed by atoms with Crippen LogP contribution in [0.2, 0.25) is 5.02 Å². The monoisotopic (exact) mass is 462 g/mol. The van der Waals surface area contributed by atoms with Crippen LogP contribution in [0.25, 0.3) is 0 Å². The maximum atomic E-state index is 12.7. The molecule has 5 rings (SSSR count). The topological polar surface area (TPSA) is 77.0 Å². The van der Waals surface area contributed by atoms with Gasteiger partial charge in [0, 0.05) is 21.8 Å². The zero-order valence-corrected chi connectivity index (χ0v) is 19.0. The summed E-state index contributed by atoms with van der Waals surface area (Å²) >= 11 is 6.25. The lowest BCUT2D eigenvalue weighted by Crippen LogP contribution is -2.65. The summed E-state index contributed by atoms with van der Waals surface area (Å²) in [6.07, 6.45) is 0. The first-order valence-electron chi connectivity index (χ1n) is 10.9. The molecule has 0 aromatic heterocycles. The molecule has 1 amide bonds. The Kier molecular flexibility index (Phi) is 5.44. The Bertz CT molecular complexity index is 1230. The van der Waals surface area contributed by atoms with Crippen molar-refractivity contribution in [1.82, 2.24) is 10.3 Å². The van der Waals surface area contributed by atoms with Gasteiger partial charge in [-0.15, -0.1) is 0 Å². The summed E-state index contributed by atoms with van der Waals surface area (Å²) in [7, 11) is 2.02. The van der Waals surface area contributed by atoms with Crippen LogP contribution in [0.4, 0.5) is 17.1 Å². The summed E-state index contributed by atoms with van der Waals surface area (Å²) in [5.74, 6) is 0.883. The second-order valence-electron chi connectivity index (χ2n) is 8.59. The van der Waals surface area contributed by atoms with Gasteiger partial charge in [0.05, 0.1) is 31.5 Å². The first-order chi connectivity index (χ1) is 15.9. The molecule has 0 aliphatic carbocycles. The minimum absolute atomic E-state index is 0.141. The molecular weight excluding hydrogens is 438 g/mol. The van der Waals surface area contributed by atoms with Crippen molar-refractivity contribution in [3.05, 3.63) is 82.9 Å². The van der Waals surface area contributed by atoms with E-state index < -0.39 is 0 Å². The number of quaternary nitrogens is 1. The van der Waals surface area contributed by atoms with E-state index in [9.17, 15) is 9.90 Å². The van der Waals surface area contributed by atoms with E-state index in [1.807, 2.05) is 37.4 Å². The number of para-hydroxylation sites is 1. The molecule has 2 heterocycles. The van der Waals surface area contributed by atoms with E-state index in [-0.39, 0.29) is 11.7 Å². The molecule has 0 spiro atoms. The molecule has 0 unspecified atom stereocenters. The van der Waals surface area contributed by atoms with Gasteiger partial charge in [-0.2, -0.15) is 5.43 Å². The number of aromatic hydroxyl groups is 1. The van der Waals surface area contributed by atoms with Crippen LogP contribution in [-0.2, 0) is 0 Å². The van der Waals surface area contributed by atoms with Crippen LogP contribution in [0.15, 0.2) is 71.7 Å². The van der Waals surface area contributed by atoms with Gasteiger partial charge in [0.2, 0.25) is 0 Å². The predicted octanol–water partition coefficient (Wildman–Crippen LogP) is 4.29. The average molecular weight is 463 g/mol. The number of halogens is 1. The number of benzene rings is 3. The number of rotatable bonds is 2. The third-order valence-corrected chi connectivity index (χ3v) is 6.39. The van der Waals surface area contributed by atoms with E-state index in [1.54, 1.807) is 12.1 Å². The Morgan fingerprint density at radius 1 is 1.06 bits per heavy atom. The quantitative estimate of drug-likeness (QED) is 0.496. The van der Waals surface area contributed by atoms with Gasteiger partial charge in [0.1, 0.15) is 24.7 Å². The molecule has 0 atom stereocenters. The number of amides is 1. The van der Waals surface area contributed by atoms with Crippen LogP contribution in [0.5, 0.6) is 5.75 Å². The third-order valence-electron chi connectivity index (χ3n) is 6.15. The summed E-state index contributed by atoms with van der Waals surface area (Å²) in [6.45, 7) is 2.91. The highest BCUT2D eigenvalue weighted by molar-refractivity contribution is 6.31. The largest absolute Gasteiger partial charge is 0.508 e. The molecule has 2 aliphatic heterocycles. The number of hydrogen-bond donors (Lipinski definition) is 3. The Morgan fingerprint density at radius 2 is 1.79 bits per heavy atom. The molecule has 2 aliphatic rings. The number of phenols is 1. The molecule has 7 nitrogen and oxygen atoms in total. The highest BCUT2D eigenvalue weighted by Crippen LogP contribution is 2.36. The number of piperazine rings is 1. The molecule has 168 valence electrons. The average Bonchev–Trinajstić information content (AvgIpc) is 2.96. The van der Waals surface area contributed by atoms with Crippen molar-refractivity contribution in [2.75, 3.05) is 38.5 Å². The summed E-state index contributed by atoms with van der Waals surface area (Å²) in [4.78, 5) is 20.0. The highest BCUT2D eigenvalue weighted by Gasteiger charge is 2.34. The zero-order chi connectivity index (χ0) is 23.0. The number of amidine groups is 1. The van der Waals surface area contributed by atoms with Gasteiger partial charge >= 0.3 is 0 Å². The SMILES string of the molecule is C[N+]1(NC(=O)c2ccc(O)cc2)CCN(C2=Nc3cc(Cl)ccc3Nc3ccccc32)CC1. The van der Waals surface area contributed by atoms with Gasteiger partial charge < -0.3 is 15.3 Å². The number of aliphatic imine (C=N–C) groups is 1. The molecule has 0 bridgehead atoms. The second kappa shape index (κ2) is 8.42. The Hall–Kier alpha value is -3.55. The fourth-order valence-electron chi connectivity index (χ4n) is 4.20. The molecule has 0 saturated carbocycles. The lowest BCUT2D eigenvalue weighted by atomic mass is 10.1. The number of fused-ring (bicyclic) bond motifs is 2. The number of nitrogens with one attached hydrogen (secondary N) is 2. The van der Waals surface area contributed by atoms with Gasteiger partial charge in [-0.05, 0) is 54.6 Å². The minimum Gasteiger partial charge on any atom is -0.508 e. The summed E-state index contributed by atoms with van der Waals surface area (Å²) in [5.41, 5.74) is 7.41. The van der Waals surface area contributed by atoms with Crippen molar-refractivity contribution in [2.24, 2.45) is 4.99 Å². The van der Waals surface area contributed by atoms with Gasteiger partial charge in [-0.1, -0.05) is 23.7 Å². The highest BCUT2D eigenvalue weighted by atomic mass is 35.5. The Balaban J connectivity index is 1.37. The van der Waals surface area contributed by atoms with Crippen LogP contribution in [0.1, 0.15) is 15.9 Å². The van der Waals surface area contributed by atoms with E-state index in [2.05, 4.69) is 27.8 Å². The number of carbonyl (C=O) groups excluding carboxylic acids is 1. The van der Waals surface area contributed by atoms with E-state index in [0.717, 1.165) is 54.6 Å². The van der Waals surface area contributed by atoms with Crippen molar-refractivity contribution >= 4 is 40.4 Å². The fourth-order valence-corrected chi connectivity index (χ4v) is 4.37. The molecule has 1 fully saturated rings. The number of carbonyl (C=O) groups is 1. The second-order valence-corrected chi connectivity index (χ2v) is 9.02. The Labute approximate surface area is 197 Å². The maximum Gasteiger partial charge on any atom is 0.295 e. The first-order valence-corrected chi connectivity index (χ1v) is 11.2. The molecule has 8 heteroatoms. The molecular formula is C25H25ClN5O2+. The van der Waals surface area contributed by atoms with Crippen molar-refractivity contribution in [2.45, 2.75) is 0 Å². The van der Waals surface area contributed by atoms with Crippen LogP contribution >= 0.6 is 11.6 Å². The van der Waals surface area contributed by atoms with Crippen LogP contribution in [0, 0.1) is 0 Å². The maximum absolute atomic E-state index is 12.7. The van der Waals surface area contributed by atoms with Gasteiger partial charge in [0.25, 0.3) is 5.91 Å². The molecule has 3 aromatic rings. The predicted molar refractivity (Wildman–Crippen MR) is 130 cm³/mol. The van der Waals surface area contributed by atoms with Gasteiger partial charge in [-0.3, -0.25) is 4.79 Å². The number of anilines is 2. The van der Waals surface area contributed by atoms with Crippen LogP contribution in [-0.4, -0.2) is 59.6 Å². The zero-order valence-electron chi connectivity index (χ0n) is 18.3. The number of hydrogen-bond acceptors (Lipinski definition) is 5. The third kappa shape index (κ3) is 4.37. The van der Waals surface area contributed by atoms with Crippen LogP contribution in [0.3, 0.4) is 0 Å². The standard InChI is InChI=1S/C25H24ClN5O2/c1-31(29-25(33)17-6-9-19(32)10-7-17)14-12-30(13-15-31)24-20-4-2-3-5-21(20)27-22-11-8-18(26)16-23(22)28-24/h2-11,16H,12-15H2,1H3,(H2-,27,28,29,32,33)/p+1. The normalized spacial score (nSPS) is 16.5. The molecule has 3 aromatic carbocycles. The first kappa shape index (κ1) is 21.3. The van der Waals surface area contributed by atoms with E-state index in [0.29, 0.717) is 15.2 Å². The minimum atomic E-state index is -0.157. The smallest absolute Gasteiger partial charge is 0.295 e. The van der Waals surface area contributed by atoms with Crippen molar-refractivity contribution in [3.8, 4) is 5.75 Å². The number of nitrogens with zero attached hydrogens (tertiary/aromatic N) is 3. The number of likely N-dealkylation sites (N-methyl/N-ethyl adjacent to an activating group) is 1. The lowest BCUT2D eigenvalue weighted by Gasteiger charge is -2.42. The van der Waals surface area contributed by atoms with Crippen LogP contribution < -0.4 is 10.7 Å². The van der Waals surface area contributed by atoms with Crippen molar-refractivity contribution < 1.29 is 14.5 Å². The molecule has 0 radical (unpaired) electrons. The number of phenolic OH excluding ortho intramolecular Hbond substituents is 1. The summed E-state index contributed by atoms with van der Waals surface area (Å²) in [5, 5.41) is 13.6. The van der Waals surface area contributed by atoms with Gasteiger partial charge in [0.15, 0.2) is 0 Å². The van der Waals surface area contributed by atoms with E-state index in [1.165, 1.54) is 12.1 Å². The van der Waals surface area contributed by atoms with Crippen molar-refractivity contribution in [3.63, 3.8) is 0 Å². The van der Waals surface area contributed by atoms with E-state index >= 15 is 0 Å². The lowest BCUT2D eigenvalue weighted by molar-refractivity contribution is -0.946. The van der Waals surface area contributed by atoms with Crippen molar-refractivity contribution in [1.29, 1.82) is 0 Å².